The average molecular weight is 425 g/mol. The van der Waals surface area contributed by atoms with Crippen molar-refractivity contribution in [3.05, 3.63) is 46.6 Å². The van der Waals surface area contributed by atoms with Gasteiger partial charge < -0.3 is 9.05 Å². The lowest BCUT2D eigenvalue weighted by molar-refractivity contribution is 0.214. The molecule has 0 heterocycles. The van der Waals surface area contributed by atoms with Gasteiger partial charge in [0.1, 0.15) is 0 Å². The summed E-state index contributed by atoms with van der Waals surface area (Å²) < 4.78 is 24.7. The SMILES string of the molecule is CCC=C(C)C(CC=C(C)CCC=C(C)CCC=C(C)C)P(=O)(OCC)OCC. The lowest BCUT2D eigenvalue weighted by Gasteiger charge is -2.26. The third kappa shape index (κ3) is 12.4. The van der Waals surface area contributed by atoms with Crippen LogP contribution in [-0.2, 0) is 13.6 Å². The first-order valence-corrected chi connectivity index (χ1v) is 12.8. The van der Waals surface area contributed by atoms with Gasteiger partial charge in [0.25, 0.3) is 0 Å². The molecule has 0 bridgehead atoms. The smallest absolute Gasteiger partial charge is 0.308 e. The van der Waals surface area contributed by atoms with Crippen LogP contribution in [0.3, 0.4) is 0 Å². The first-order chi connectivity index (χ1) is 13.7. The molecule has 1 unspecified atom stereocenters. The molecule has 0 saturated carbocycles. The van der Waals surface area contributed by atoms with Crippen molar-refractivity contribution >= 4 is 7.60 Å². The van der Waals surface area contributed by atoms with Crippen LogP contribution in [0.25, 0.3) is 0 Å². The van der Waals surface area contributed by atoms with E-state index in [1.165, 1.54) is 16.7 Å². The van der Waals surface area contributed by atoms with E-state index >= 15 is 0 Å². The quantitative estimate of drug-likeness (QED) is 0.195. The number of hydrogen-bond donors (Lipinski definition) is 0. The molecule has 168 valence electrons. The summed E-state index contributed by atoms with van der Waals surface area (Å²) in [6, 6.07) is 0. The Bertz CT molecular complexity index is 612. The van der Waals surface area contributed by atoms with E-state index in [1.807, 2.05) is 20.8 Å². The molecule has 29 heavy (non-hydrogen) atoms. The summed E-state index contributed by atoms with van der Waals surface area (Å²) in [7, 11) is -3.16. The topological polar surface area (TPSA) is 35.5 Å². The maximum atomic E-state index is 13.4. The Kier molecular flexibility index (Phi) is 15.4. The standard InChI is InChI=1S/C25H45O3P/c1-9-14-24(8)25(29(26,27-10-2)28-11-3)20-19-23(7)18-13-17-22(6)16-12-15-21(4)5/h14-15,17,19,25H,9-13,16,18,20H2,1-8H3. The van der Waals surface area contributed by atoms with E-state index in [9.17, 15) is 4.57 Å². The van der Waals surface area contributed by atoms with Crippen LogP contribution in [-0.4, -0.2) is 18.9 Å². The first kappa shape index (κ1) is 28.1. The van der Waals surface area contributed by atoms with E-state index in [1.54, 1.807) is 0 Å². The Morgan fingerprint density at radius 2 is 1.31 bits per heavy atom. The van der Waals surface area contributed by atoms with Gasteiger partial charge in [-0.1, -0.05) is 53.5 Å². The molecule has 0 N–H and O–H groups in total. The summed E-state index contributed by atoms with van der Waals surface area (Å²) in [5, 5.41) is 0. The summed E-state index contributed by atoms with van der Waals surface area (Å²) in [5.74, 6) is 0. The maximum Gasteiger partial charge on any atom is 0.338 e. The summed E-state index contributed by atoms with van der Waals surface area (Å²) >= 11 is 0. The summed E-state index contributed by atoms with van der Waals surface area (Å²) in [6.07, 6.45) is 14.9. The number of rotatable bonds is 15. The van der Waals surface area contributed by atoms with E-state index in [-0.39, 0.29) is 5.66 Å². The third-order valence-electron chi connectivity index (χ3n) is 4.86. The van der Waals surface area contributed by atoms with Gasteiger partial charge >= 0.3 is 7.60 Å². The third-order valence-corrected chi connectivity index (χ3v) is 7.48. The Morgan fingerprint density at radius 1 is 0.793 bits per heavy atom. The second kappa shape index (κ2) is 15.9. The molecule has 0 radical (unpaired) electrons. The molecule has 0 fully saturated rings. The fourth-order valence-electron chi connectivity index (χ4n) is 3.25. The average Bonchev–Trinajstić information content (AvgIpc) is 2.62. The van der Waals surface area contributed by atoms with Gasteiger partial charge in [-0.15, -0.1) is 0 Å². The van der Waals surface area contributed by atoms with E-state index in [0.717, 1.165) is 37.7 Å². The summed E-state index contributed by atoms with van der Waals surface area (Å²) in [4.78, 5) is 0. The number of hydrogen-bond acceptors (Lipinski definition) is 3. The molecular weight excluding hydrogens is 379 g/mol. The predicted molar refractivity (Wildman–Crippen MR) is 129 cm³/mol. The Morgan fingerprint density at radius 3 is 1.79 bits per heavy atom. The second-order valence-electron chi connectivity index (χ2n) is 7.94. The zero-order valence-corrected chi connectivity index (χ0v) is 21.1. The molecule has 0 saturated heterocycles. The van der Waals surface area contributed by atoms with Crippen molar-refractivity contribution in [3.63, 3.8) is 0 Å². The normalized spacial score (nSPS) is 14.8. The van der Waals surface area contributed by atoms with Crippen LogP contribution in [0.1, 0.15) is 93.9 Å². The van der Waals surface area contributed by atoms with Gasteiger partial charge in [-0.3, -0.25) is 4.57 Å². The minimum atomic E-state index is -3.16. The van der Waals surface area contributed by atoms with Gasteiger partial charge in [0, 0.05) is 0 Å². The molecule has 0 aliphatic heterocycles. The Labute approximate surface area is 180 Å². The van der Waals surface area contributed by atoms with Gasteiger partial charge in [0.2, 0.25) is 0 Å². The predicted octanol–water partition coefficient (Wildman–Crippen LogP) is 8.79. The molecule has 0 amide bonds. The Balaban J connectivity index is 5.04. The molecule has 0 aliphatic rings. The van der Waals surface area contributed by atoms with Crippen LogP contribution in [0.4, 0.5) is 0 Å². The highest BCUT2D eigenvalue weighted by atomic mass is 31.2. The summed E-state index contributed by atoms with van der Waals surface area (Å²) in [5.41, 5.74) is 5.05. The van der Waals surface area contributed by atoms with Crippen molar-refractivity contribution in [2.75, 3.05) is 13.2 Å². The molecule has 0 aromatic carbocycles. The molecule has 3 nitrogen and oxygen atoms in total. The van der Waals surface area contributed by atoms with Crippen molar-refractivity contribution < 1.29 is 13.6 Å². The maximum absolute atomic E-state index is 13.4. The Hall–Kier alpha value is -0.890. The largest absolute Gasteiger partial charge is 0.338 e. The van der Waals surface area contributed by atoms with Gasteiger partial charge in [-0.25, -0.2) is 0 Å². The van der Waals surface area contributed by atoms with Gasteiger partial charge in [0.05, 0.1) is 18.9 Å². The van der Waals surface area contributed by atoms with Crippen molar-refractivity contribution in [2.24, 2.45) is 0 Å². The van der Waals surface area contributed by atoms with Crippen LogP contribution >= 0.6 is 7.60 Å². The van der Waals surface area contributed by atoms with Crippen LogP contribution in [0.5, 0.6) is 0 Å². The van der Waals surface area contributed by atoms with E-state index in [4.69, 9.17) is 9.05 Å². The molecule has 0 aromatic rings. The van der Waals surface area contributed by atoms with Crippen LogP contribution in [0.15, 0.2) is 46.6 Å². The molecule has 0 spiro atoms. The monoisotopic (exact) mass is 424 g/mol. The van der Waals surface area contributed by atoms with Crippen LogP contribution in [0, 0.1) is 0 Å². The highest BCUT2D eigenvalue weighted by Gasteiger charge is 2.35. The fourth-order valence-corrected chi connectivity index (χ4v) is 5.37. The molecule has 0 aliphatic carbocycles. The first-order valence-electron chi connectivity index (χ1n) is 11.2. The zero-order chi connectivity index (χ0) is 22.3. The molecule has 0 aromatic heterocycles. The van der Waals surface area contributed by atoms with Gasteiger partial charge in [-0.05, 0) is 87.0 Å². The van der Waals surface area contributed by atoms with Crippen molar-refractivity contribution in [3.8, 4) is 0 Å². The number of allylic oxidation sites excluding steroid dienone is 8. The van der Waals surface area contributed by atoms with Gasteiger partial charge in [0.15, 0.2) is 0 Å². The van der Waals surface area contributed by atoms with Crippen LogP contribution < -0.4 is 0 Å². The van der Waals surface area contributed by atoms with E-state index in [2.05, 4.69) is 58.9 Å². The molecular formula is C25H45O3P. The zero-order valence-electron chi connectivity index (χ0n) is 20.2. The minimum Gasteiger partial charge on any atom is -0.308 e. The lowest BCUT2D eigenvalue weighted by atomic mass is 10.0. The van der Waals surface area contributed by atoms with Crippen molar-refractivity contribution in [1.82, 2.24) is 0 Å². The van der Waals surface area contributed by atoms with Gasteiger partial charge in [-0.2, -0.15) is 0 Å². The minimum absolute atomic E-state index is 0.210. The second-order valence-corrected chi connectivity index (χ2v) is 10.2. The van der Waals surface area contributed by atoms with E-state index < -0.39 is 7.60 Å². The van der Waals surface area contributed by atoms with Crippen molar-refractivity contribution in [2.45, 2.75) is 99.6 Å². The highest BCUT2D eigenvalue weighted by molar-refractivity contribution is 7.55. The van der Waals surface area contributed by atoms with Crippen LogP contribution in [0.2, 0.25) is 0 Å². The molecule has 1 atom stereocenters. The molecule has 4 heteroatoms. The van der Waals surface area contributed by atoms with Crippen molar-refractivity contribution in [1.29, 1.82) is 0 Å². The fraction of sp³-hybridized carbons (Fsp3) is 0.680. The highest BCUT2D eigenvalue weighted by Crippen LogP contribution is 2.56. The lowest BCUT2D eigenvalue weighted by Crippen LogP contribution is -2.14. The van der Waals surface area contributed by atoms with E-state index in [0.29, 0.717) is 19.6 Å². The summed E-state index contributed by atoms with van der Waals surface area (Å²) in [6.45, 7) is 17.3. The molecule has 0 rings (SSSR count).